The molecule has 1 saturated carbocycles. The number of hydrogen-bond donors (Lipinski definition) is 1. The molecule has 1 saturated heterocycles. The Kier molecular flexibility index (Phi) is 3.24. The summed E-state index contributed by atoms with van der Waals surface area (Å²) < 4.78 is 0. The van der Waals surface area contributed by atoms with Crippen LogP contribution in [0.15, 0.2) is 11.1 Å². The molecule has 1 aliphatic heterocycles. The van der Waals surface area contributed by atoms with Gasteiger partial charge in [0.15, 0.2) is 0 Å². The molecule has 0 radical (unpaired) electrons. The molecule has 2 rings (SSSR count). The van der Waals surface area contributed by atoms with Gasteiger partial charge in [0.1, 0.15) is 0 Å². The van der Waals surface area contributed by atoms with Crippen molar-refractivity contribution in [1.82, 2.24) is 10.2 Å². The summed E-state index contributed by atoms with van der Waals surface area (Å²) in [4.78, 5) is 2.55. The van der Waals surface area contributed by atoms with E-state index in [0.29, 0.717) is 0 Å². The highest BCUT2D eigenvalue weighted by molar-refractivity contribution is 5.22. The molecule has 0 spiro atoms. The van der Waals surface area contributed by atoms with Crippen molar-refractivity contribution in [2.45, 2.75) is 38.6 Å². The predicted molar refractivity (Wildman–Crippen MR) is 60.5 cm³/mol. The van der Waals surface area contributed by atoms with E-state index in [2.05, 4.69) is 24.2 Å². The SMILES string of the molecule is CC(CN(C)C1CCCC1)=C1CNC1. The van der Waals surface area contributed by atoms with E-state index in [4.69, 9.17) is 0 Å². The topological polar surface area (TPSA) is 15.3 Å². The Balaban J connectivity index is 1.83. The molecule has 0 unspecified atom stereocenters. The maximum Gasteiger partial charge on any atom is 0.0193 e. The number of nitrogens with zero attached hydrogens (tertiary/aromatic N) is 1. The van der Waals surface area contributed by atoms with Gasteiger partial charge >= 0.3 is 0 Å². The summed E-state index contributed by atoms with van der Waals surface area (Å²) in [5.41, 5.74) is 3.23. The van der Waals surface area contributed by atoms with Crippen molar-refractivity contribution in [2.24, 2.45) is 0 Å². The maximum absolute atomic E-state index is 3.31. The predicted octanol–water partition coefficient (Wildman–Crippen LogP) is 1.78. The lowest BCUT2D eigenvalue weighted by molar-refractivity contribution is 0.264. The fraction of sp³-hybridized carbons (Fsp3) is 0.833. The minimum absolute atomic E-state index is 0.860. The van der Waals surface area contributed by atoms with E-state index in [9.17, 15) is 0 Å². The Morgan fingerprint density at radius 2 is 2.00 bits per heavy atom. The van der Waals surface area contributed by atoms with Gasteiger partial charge in [0.05, 0.1) is 0 Å². The first-order valence-electron chi connectivity index (χ1n) is 5.86. The summed E-state index contributed by atoms with van der Waals surface area (Å²) in [5.74, 6) is 0. The van der Waals surface area contributed by atoms with Crippen LogP contribution in [0.2, 0.25) is 0 Å². The first-order valence-corrected chi connectivity index (χ1v) is 5.86. The Morgan fingerprint density at radius 1 is 1.36 bits per heavy atom. The van der Waals surface area contributed by atoms with Gasteiger partial charge in [0.25, 0.3) is 0 Å². The highest BCUT2D eigenvalue weighted by Crippen LogP contribution is 2.23. The number of nitrogens with one attached hydrogen (secondary N) is 1. The van der Waals surface area contributed by atoms with Crippen LogP contribution in [0, 0.1) is 0 Å². The molecule has 0 aromatic carbocycles. The van der Waals surface area contributed by atoms with Gasteiger partial charge in [-0.25, -0.2) is 0 Å². The van der Waals surface area contributed by atoms with Crippen molar-refractivity contribution >= 4 is 0 Å². The lowest BCUT2D eigenvalue weighted by Crippen LogP contribution is -2.37. The highest BCUT2D eigenvalue weighted by atomic mass is 15.1. The van der Waals surface area contributed by atoms with Gasteiger partial charge in [0, 0.05) is 25.7 Å². The molecule has 1 N–H and O–H groups in total. The molecular weight excluding hydrogens is 172 g/mol. The van der Waals surface area contributed by atoms with E-state index in [1.165, 1.54) is 32.2 Å². The summed E-state index contributed by atoms with van der Waals surface area (Å²) in [5, 5.41) is 3.31. The standard InChI is InChI=1S/C12H22N2/c1-10(11-7-13-8-11)9-14(2)12-5-3-4-6-12/h12-13H,3-9H2,1-2H3. The molecule has 2 fully saturated rings. The fourth-order valence-electron chi connectivity index (χ4n) is 2.51. The maximum atomic E-state index is 3.31. The van der Waals surface area contributed by atoms with Crippen LogP contribution >= 0.6 is 0 Å². The van der Waals surface area contributed by atoms with Crippen LogP contribution in [0.5, 0.6) is 0 Å². The second kappa shape index (κ2) is 4.45. The summed E-state index contributed by atoms with van der Waals surface area (Å²) in [6, 6.07) is 0.860. The van der Waals surface area contributed by atoms with Crippen molar-refractivity contribution in [2.75, 3.05) is 26.7 Å². The second-order valence-corrected chi connectivity index (χ2v) is 4.84. The lowest BCUT2D eigenvalue weighted by Gasteiger charge is -2.28. The summed E-state index contributed by atoms with van der Waals surface area (Å²) >= 11 is 0. The molecule has 0 aromatic heterocycles. The normalized spacial score (nSPS) is 22.9. The molecule has 0 atom stereocenters. The zero-order chi connectivity index (χ0) is 9.97. The molecule has 80 valence electrons. The second-order valence-electron chi connectivity index (χ2n) is 4.84. The van der Waals surface area contributed by atoms with Gasteiger partial charge in [0.2, 0.25) is 0 Å². The van der Waals surface area contributed by atoms with Crippen molar-refractivity contribution in [3.05, 3.63) is 11.1 Å². The minimum Gasteiger partial charge on any atom is -0.309 e. The Hall–Kier alpha value is -0.340. The average molecular weight is 194 g/mol. The van der Waals surface area contributed by atoms with E-state index in [1.807, 2.05) is 0 Å². The molecule has 14 heavy (non-hydrogen) atoms. The monoisotopic (exact) mass is 194 g/mol. The third kappa shape index (κ3) is 2.18. The average Bonchev–Trinajstić information content (AvgIpc) is 2.51. The first-order chi connectivity index (χ1) is 6.77. The van der Waals surface area contributed by atoms with E-state index >= 15 is 0 Å². The molecule has 2 nitrogen and oxygen atoms in total. The van der Waals surface area contributed by atoms with E-state index in [1.54, 1.807) is 11.1 Å². The molecule has 0 amide bonds. The van der Waals surface area contributed by atoms with Gasteiger partial charge in [-0.15, -0.1) is 0 Å². The zero-order valence-corrected chi connectivity index (χ0v) is 9.47. The Morgan fingerprint density at radius 3 is 2.50 bits per heavy atom. The van der Waals surface area contributed by atoms with Crippen molar-refractivity contribution < 1.29 is 0 Å². The van der Waals surface area contributed by atoms with Gasteiger partial charge in [-0.3, -0.25) is 4.90 Å². The molecule has 1 aliphatic carbocycles. The van der Waals surface area contributed by atoms with E-state index in [-0.39, 0.29) is 0 Å². The molecule has 0 bridgehead atoms. The molecule has 2 heteroatoms. The third-order valence-corrected chi connectivity index (χ3v) is 3.71. The third-order valence-electron chi connectivity index (χ3n) is 3.71. The largest absolute Gasteiger partial charge is 0.309 e. The summed E-state index contributed by atoms with van der Waals surface area (Å²) in [6.07, 6.45) is 5.70. The minimum atomic E-state index is 0.860. The van der Waals surface area contributed by atoms with Crippen LogP contribution in [0.25, 0.3) is 0 Å². The molecule has 2 aliphatic rings. The zero-order valence-electron chi connectivity index (χ0n) is 9.47. The molecule has 0 aromatic rings. The van der Waals surface area contributed by atoms with Crippen LogP contribution in [0.4, 0.5) is 0 Å². The molecule has 1 heterocycles. The number of hydrogen-bond acceptors (Lipinski definition) is 2. The molecular formula is C12H22N2. The summed E-state index contributed by atoms with van der Waals surface area (Å²) in [6.45, 7) is 5.73. The van der Waals surface area contributed by atoms with Gasteiger partial charge in [-0.2, -0.15) is 0 Å². The fourth-order valence-corrected chi connectivity index (χ4v) is 2.51. The van der Waals surface area contributed by atoms with E-state index in [0.717, 1.165) is 19.1 Å². The van der Waals surface area contributed by atoms with Crippen LogP contribution in [-0.4, -0.2) is 37.6 Å². The van der Waals surface area contributed by atoms with Gasteiger partial charge in [-0.1, -0.05) is 18.4 Å². The van der Waals surface area contributed by atoms with Crippen LogP contribution < -0.4 is 5.32 Å². The van der Waals surface area contributed by atoms with Crippen molar-refractivity contribution in [3.8, 4) is 0 Å². The first kappa shape index (κ1) is 10.2. The van der Waals surface area contributed by atoms with Gasteiger partial charge in [-0.05, 0) is 32.4 Å². The summed E-state index contributed by atoms with van der Waals surface area (Å²) in [7, 11) is 2.28. The smallest absolute Gasteiger partial charge is 0.0193 e. The van der Waals surface area contributed by atoms with Crippen LogP contribution in [0.3, 0.4) is 0 Å². The quantitative estimate of drug-likeness (QED) is 0.689. The Bertz CT molecular complexity index is 220. The van der Waals surface area contributed by atoms with Gasteiger partial charge < -0.3 is 5.32 Å². The van der Waals surface area contributed by atoms with Crippen molar-refractivity contribution in [1.29, 1.82) is 0 Å². The lowest BCUT2D eigenvalue weighted by atomic mass is 10.0. The van der Waals surface area contributed by atoms with E-state index < -0.39 is 0 Å². The highest BCUT2D eigenvalue weighted by Gasteiger charge is 2.20. The van der Waals surface area contributed by atoms with Crippen LogP contribution in [-0.2, 0) is 0 Å². The van der Waals surface area contributed by atoms with Crippen molar-refractivity contribution in [3.63, 3.8) is 0 Å². The number of rotatable bonds is 3. The van der Waals surface area contributed by atoms with Crippen LogP contribution in [0.1, 0.15) is 32.6 Å². The number of likely N-dealkylation sites (N-methyl/N-ethyl adjacent to an activating group) is 1. The Labute approximate surface area is 87.4 Å².